The van der Waals surface area contributed by atoms with E-state index in [1.165, 1.54) is 0 Å². The van der Waals surface area contributed by atoms with E-state index in [1.54, 1.807) is 6.92 Å². The van der Waals surface area contributed by atoms with Crippen molar-refractivity contribution < 1.29 is 5.11 Å². The molecule has 2 aliphatic rings. The maximum atomic E-state index is 9.67. The fraction of sp³-hybridized carbons (Fsp3) is 0.583. The van der Waals surface area contributed by atoms with Crippen molar-refractivity contribution in [2.24, 2.45) is 16.6 Å². The van der Waals surface area contributed by atoms with Gasteiger partial charge in [-0.3, -0.25) is 4.99 Å². The zero-order valence-electron chi connectivity index (χ0n) is 9.27. The molecule has 0 bridgehead atoms. The van der Waals surface area contributed by atoms with Crippen LogP contribution in [0, 0.1) is 5.92 Å². The molecule has 3 heteroatoms. The van der Waals surface area contributed by atoms with Gasteiger partial charge in [-0.15, -0.1) is 0 Å². The van der Waals surface area contributed by atoms with Crippen molar-refractivity contribution in [3.8, 4) is 0 Å². The van der Waals surface area contributed by atoms with E-state index in [0.717, 1.165) is 29.8 Å². The van der Waals surface area contributed by atoms with Crippen molar-refractivity contribution in [3.63, 3.8) is 0 Å². The number of dihydropyridines is 1. The van der Waals surface area contributed by atoms with E-state index in [1.807, 2.05) is 6.92 Å². The maximum absolute atomic E-state index is 9.67. The van der Waals surface area contributed by atoms with Crippen molar-refractivity contribution in [1.29, 1.82) is 0 Å². The highest BCUT2D eigenvalue weighted by Gasteiger charge is 2.31. The van der Waals surface area contributed by atoms with Crippen molar-refractivity contribution in [3.05, 3.63) is 23.4 Å². The Hall–Kier alpha value is -1.09. The molecule has 2 rings (SSSR count). The van der Waals surface area contributed by atoms with E-state index in [2.05, 4.69) is 17.1 Å². The van der Waals surface area contributed by atoms with Crippen LogP contribution in [0.4, 0.5) is 0 Å². The molecule has 1 heterocycles. The van der Waals surface area contributed by atoms with Gasteiger partial charge >= 0.3 is 0 Å². The summed E-state index contributed by atoms with van der Waals surface area (Å²) in [5.41, 5.74) is 8.71. The topological polar surface area (TPSA) is 58.6 Å². The molecular weight excluding hydrogens is 188 g/mol. The van der Waals surface area contributed by atoms with Crippen LogP contribution in [0.25, 0.3) is 0 Å². The Kier molecular flexibility index (Phi) is 2.65. The normalized spacial score (nSPS) is 32.3. The molecule has 0 amide bonds. The lowest BCUT2D eigenvalue weighted by molar-refractivity contribution is 0.233. The van der Waals surface area contributed by atoms with Crippen LogP contribution in [-0.4, -0.2) is 23.0 Å². The highest BCUT2D eigenvalue weighted by molar-refractivity contribution is 6.00. The van der Waals surface area contributed by atoms with E-state index >= 15 is 0 Å². The largest absolute Gasteiger partial charge is 0.401 e. The predicted octanol–water partition coefficient (Wildman–Crippen LogP) is 1.39. The molecule has 0 aromatic heterocycles. The molecule has 82 valence electrons. The monoisotopic (exact) mass is 206 g/mol. The fourth-order valence-electron chi connectivity index (χ4n) is 2.55. The number of rotatable bonds is 1. The molecule has 0 saturated carbocycles. The highest BCUT2D eigenvalue weighted by Crippen LogP contribution is 2.33. The lowest BCUT2D eigenvalue weighted by Crippen LogP contribution is -2.35. The van der Waals surface area contributed by atoms with Gasteiger partial charge in [-0.2, -0.15) is 0 Å². The molecule has 0 spiro atoms. The second kappa shape index (κ2) is 3.81. The fourth-order valence-corrected chi connectivity index (χ4v) is 2.55. The van der Waals surface area contributed by atoms with Crippen LogP contribution in [0.5, 0.6) is 0 Å². The van der Waals surface area contributed by atoms with E-state index in [-0.39, 0.29) is 6.04 Å². The lowest BCUT2D eigenvalue weighted by Gasteiger charge is -2.33. The second-order valence-electron chi connectivity index (χ2n) is 4.38. The van der Waals surface area contributed by atoms with Crippen LogP contribution in [0.1, 0.15) is 26.7 Å². The van der Waals surface area contributed by atoms with Crippen molar-refractivity contribution in [1.82, 2.24) is 0 Å². The molecule has 3 nitrogen and oxygen atoms in total. The molecule has 1 aliphatic heterocycles. The number of aliphatic hydroxyl groups is 1. The summed E-state index contributed by atoms with van der Waals surface area (Å²) < 4.78 is 0. The molecule has 2 unspecified atom stereocenters. The number of nitrogens with two attached hydrogens (primary N) is 1. The third-order valence-electron chi connectivity index (χ3n) is 3.28. The minimum Gasteiger partial charge on any atom is -0.401 e. The smallest absolute Gasteiger partial charge is 0.0796 e. The number of allylic oxidation sites excluding steroid dienone is 1. The molecule has 1 aliphatic carbocycles. The summed E-state index contributed by atoms with van der Waals surface area (Å²) in [6.07, 6.45) is 5.72. The van der Waals surface area contributed by atoms with Crippen molar-refractivity contribution in [2.75, 3.05) is 0 Å². The Morgan fingerprint density at radius 1 is 1.47 bits per heavy atom. The third-order valence-corrected chi connectivity index (χ3v) is 3.28. The van der Waals surface area contributed by atoms with Gasteiger partial charge in [0.25, 0.3) is 0 Å². The van der Waals surface area contributed by atoms with Gasteiger partial charge in [0.05, 0.1) is 12.1 Å². The quantitative estimate of drug-likeness (QED) is 0.637. The lowest BCUT2D eigenvalue weighted by atomic mass is 9.81. The Bertz CT molecular complexity index is 353. The molecule has 0 saturated heterocycles. The number of hydrogen-bond acceptors (Lipinski definition) is 3. The molecule has 3 N–H and O–H groups in total. The Labute approximate surface area is 90.4 Å². The summed E-state index contributed by atoms with van der Waals surface area (Å²) in [7, 11) is 0. The van der Waals surface area contributed by atoms with Crippen LogP contribution in [0.15, 0.2) is 28.4 Å². The molecular formula is C12H18N2O. The maximum Gasteiger partial charge on any atom is 0.0796 e. The summed E-state index contributed by atoms with van der Waals surface area (Å²) in [6, 6.07) is 0.289. The second-order valence-corrected chi connectivity index (χ2v) is 4.38. The Morgan fingerprint density at radius 2 is 2.13 bits per heavy atom. The van der Waals surface area contributed by atoms with Crippen molar-refractivity contribution >= 4 is 5.71 Å². The standard InChI is InChI=1S/C12H18N2O/c1-7-11(8(2)15)12(13)9-5-3-4-6-10(9)14-7/h3-4,8-10,15H,5-6,13H2,1-2H3/t8?,9-,10?/m1/s1. The summed E-state index contributed by atoms with van der Waals surface area (Å²) in [5.74, 6) is 0.295. The molecule has 0 radical (unpaired) electrons. The van der Waals surface area contributed by atoms with E-state index < -0.39 is 6.10 Å². The summed E-state index contributed by atoms with van der Waals surface area (Å²) in [6.45, 7) is 3.68. The third kappa shape index (κ3) is 1.72. The van der Waals surface area contributed by atoms with Crippen LogP contribution in [0.2, 0.25) is 0 Å². The van der Waals surface area contributed by atoms with Gasteiger partial charge in [0.15, 0.2) is 0 Å². The Balaban J connectivity index is 2.39. The number of hydrogen-bond donors (Lipinski definition) is 2. The zero-order chi connectivity index (χ0) is 11.0. The first-order valence-electron chi connectivity index (χ1n) is 5.48. The van der Waals surface area contributed by atoms with Gasteiger partial charge in [-0.1, -0.05) is 12.2 Å². The predicted molar refractivity (Wildman–Crippen MR) is 61.7 cm³/mol. The van der Waals surface area contributed by atoms with Gasteiger partial charge in [0.1, 0.15) is 0 Å². The number of fused-ring (bicyclic) bond motifs is 1. The van der Waals surface area contributed by atoms with Crippen LogP contribution in [-0.2, 0) is 0 Å². The van der Waals surface area contributed by atoms with Crippen LogP contribution < -0.4 is 5.73 Å². The van der Waals surface area contributed by atoms with Gasteiger partial charge in [-0.25, -0.2) is 0 Å². The average Bonchev–Trinajstić information content (AvgIpc) is 2.17. The molecule has 3 atom stereocenters. The molecule has 0 aromatic rings. The minimum absolute atomic E-state index is 0.289. The number of nitrogens with zero attached hydrogens (tertiary/aromatic N) is 1. The average molecular weight is 206 g/mol. The number of aliphatic hydroxyl groups excluding tert-OH is 1. The van der Waals surface area contributed by atoms with Gasteiger partial charge in [0.2, 0.25) is 0 Å². The first kappa shape index (κ1) is 10.4. The Morgan fingerprint density at radius 3 is 2.80 bits per heavy atom. The van der Waals surface area contributed by atoms with E-state index in [0.29, 0.717) is 5.92 Å². The van der Waals surface area contributed by atoms with E-state index in [4.69, 9.17) is 5.73 Å². The number of aliphatic imine (C=N–C) groups is 1. The van der Waals surface area contributed by atoms with Gasteiger partial charge in [0, 0.05) is 22.9 Å². The van der Waals surface area contributed by atoms with Gasteiger partial charge < -0.3 is 10.8 Å². The van der Waals surface area contributed by atoms with E-state index in [9.17, 15) is 5.11 Å². The first-order valence-corrected chi connectivity index (χ1v) is 5.48. The van der Waals surface area contributed by atoms with Crippen molar-refractivity contribution in [2.45, 2.75) is 38.8 Å². The molecule has 15 heavy (non-hydrogen) atoms. The zero-order valence-corrected chi connectivity index (χ0v) is 9.27. The SMILES string of the molecule is CC1=NC2CC=CC[C@H]2C(N)=C1C(C)O. The van der Waals surface area contributed by atoms with Crippen LogP contribution in [0.3, 0.4) is 0 Å². The highest BCUT2D eigenvalue weighted by atomic mass is 16.3. The molecule has 0 aromatic carbocycles. The first-order chi connectivity index (χ1) is 7.11. The van der Waals surface area contributed by atoms with Gasteiger partial charge in [-0.05, 0) is 26.7 Å². The summed E-state index contributed by atoms with van der Waals surface area (Å²) >= 11 is 0. The van der Waals surface area contributed by atoms with Crippen LogP contribution >= 0.6 is 0 Å². The summed E-state index contributed by atoms with van der Waals surface area (Å²) in [4.78, 5) is 4.62. The summed E-state index contributed by atoms with van der Waals surface area (Å²) in [5, 5.41) is 9.67. The molecule has 0 fully saturated rings. The minimum atomic E-state index is -0.513.